The Kier molecular flexibility index (Phi) is 8.68. The van der Waals surface area contributed by atoms with Crippen molar-refractivity contribution < 1.29 is 33.3 Å². The lowest BCUT2D eigenvalue weighted by Crippen LogP contribution is -2.55. The van der Waals surface area contributed by atoms with Gasteiger partial charge in [-0.15, -0.1) is 0 Å². The highest BCUT2D eigenvalue weighted by molar-refractivity contribution is 6.30. The van der Waals surface area contributed by atoms with Gasteiger partial charge in [0, 0.05) is 42.6 Å². The second-order valence-electron chi connectivity index (χ2n) is 8.85. The minimum absolute atomic E-state index is 0.0472. The molecule has 1 aromatic heterocycles. The zero-order valence-corrected chi connectivity index (χ0v) is 20.2. The number of piperidine rings is 1. The third kappa shape index (κ3) is 6.09. The summed E-state index contributed by atoms with van der Waals surface area (Å²) in [5.74, 6) is -2.69. The number of carbonyl (C=O) groups is 2. The fourth-order valence-corrected chi connectivity index (χ4v) is 4.47. The second-order valence-corrected chi connectivity index (χ2v) is 9.28. The number of carboxylic acid groups (broad SMARTS) is 1. The molecule has 3 rings (SSSR count). The Morgan fingerprint density at radius 2 is 1.94 bits per heavy atom. The van der Waals surface area contributed by atoms with Crippen LogP contribution in [0.5, 0.6) is 5.75 Å². The maximum Gasteiger partial charge on any atom is 0.387 e. The third-order valence-corrected chi connectivity index (χ3v) is 6.47. The smallest absolute Gasteiger partial charge is 0.387 e. The molecule has 1 unspecified atom stereocenters. The first-order chi connectivity index (χ1) is 16.6. The Morgan fingerprint density at radius 1 is 1.26 bits per heavy atom. The fraction of sp³-hybridized carbons (Fsp3) is 0.522. The molecule has 2 aromatic rings. The highest BCUT2D eigenvalue weighted by atomic mass is 35.5. The Morgan fingerprint density at radius 3 is 2.51 bits per heavy atom. The summed E-state index contributed by atoms with van der Waals surface area (Å²) in [7, 11) is 0. The Balaban J connectivity index is 1.92. The second kappa shape index (κ2) is 11.3. The highest BCUT2D eigenvalue weighted by Crippen LogP contribution is 2.37. The quantitative estimate of drug-likeness (QED) is 0.445. The highest BCUT2D eigenvalue weighted by Gasteiger charge is 2.45. The maximum atomic E-state index is 13.8. The van der Waals surface area contributed by atoms with E-state index in [1.807, 2.05) is 24.8 Å². The molecular formula is C23H29ClF2N4O5. The van der Waals surface area contributed by atoms with Crippen molar-refractivity contribution in [3.05, 3.63) is 41.2 Å². The van der Waals surface area contributed by atoms with Crippen molar-refractivity contribution in [2.45, 2.75) is 44.8 Å². The Hall–Kier alpha value is -2.76. The van der Waals surface area contributed by atoms with E-state index in [9.17, 15) is 28.6 Å². The third-order valence-electron chi connectivity index (χ3n) is 6.23. The summed E-state index contributed by atoms with van der Waals surface area (Å²) < 4.78 is 32.1. The fourth-order valence-electron chi connectivity index (χ4n) is 4.31. The lowest BCUT2D eigenvalue weighted by atomic mass is 9.85. The van der Waals surface area contributed by atoms with Crippen LogP contribution in [0.15, 0.2) is 30.5 Å². The van der Waals surface area contributed by atoms with Gasteiger partial charge in [0.25, 0.3) is 5.91 Å². The van der Waals surface area contributed by atoms with Gasteiger partial charge in [0.15, 0.2) is 5.75 Å². The number of aliphatic hydroxyl groups is 1. The molecule has 0 saturated carbocycles. The van der Waals surface area contributed by atoms with Crippen LogP contribution in [0.2, 0.25) is 5.02 Å². The molecule has 3 N–H and O–H groups in total. The number of nitrogens with zero attached hydrogens (tertiary/aromatic N) is 3. The first-order valence-electron chi connectivity index (χ1n) is 11.2. The molecule has 9 nitrogen and oxygen atoms in total. The predicted molar refractivity (Wildman–Crippen MR) is 125 cm³/mol. The number of benzene rings is 1. The van der Waals surface area contributed by atoms with Crippen molar-refractivity contribution in [1.82, 2.24) is 14.7 Å². The number of hydrogen-bond donors (Lipinski definition) is 3. The van der Waals surface area contributed by atoms with Crippen molar-refractivity contribution >= 4 is 29.2 Å². The van der Waals surface area contributed by atoms with Crippen molar-refractivity contribution in [1.29, 1.82) is 0 Å². The van der Waals surface area contributed by atoms with Crippen molar-refractivity contribution in [3.63, 3.8) is 0 Å². The predicted octanol–water partition coefficient (Wildman–Crippen LogP) is 3.38. The van der Waals surface area contributed by atoms with E-state index in [2.05, 4.69) is 15.2 Å². The molecule has 192 valence electrons. The Labute approximate surface area is 206 Å². The number of rotatable bonds is 10. The van der Waals surface area contributed by atoms with Gasteiger partial charge in [-0.25, -0.2) is 0 Å². The van der Waals surface area contributed by atoms with E-state index in [0.717, 1.165) is 5.69 Å². The van der Waals surface area contributed by atoms with E-state index in [4.69, 9.17) is 11.6 Å². The molecule has 0 bridgehead atoms. The first kappa shape index (κ1) is 26.8. The number of aliphatic carboxylic acids is 1. The standard InChI is InChI=1S/C23H29ClF2N4O5/c1-14(2)18-5-8-27-30(18)23(6-9-29(10-7-23)12-15(13-31)20(32)33)21(34)28-17-4-3-16(24)11-19(17)35-22(25)26/h3-5,8,11,14-15,22,31H,6-7,9-10,12-13H2,1-2H3,(H,28,34)(H,32,33). The van der Waals surface area contributed by atoms with E-state index in [0.29, 0.717) is 13.1 Å². The number of anilines is 1. The van der Waals surface area contributed by atoms with Gasteiger partial charge in [0.2, 0.25) is 0 Å². The summed E-state index contributed by atoms with van der Waals surface area (Å²) in [4.78, 5) is 27.0. The number of ether oxygens (including phenoxy) is 1. The summed E-state index contributed by atoms with van der Waals surface area (Å²) in [5.41, 5.74) is -0.280. The van der Waals surface area contributed by atoms with E-state index in [1.165, 1.54) is 18.2 Å². The van der Waals surface area contributed by atoms with Crippen LogP contribution in [0, 0.1) is 5.92 Å². The van der Waals surface area contributed by atoms with E-state index in [1.54, 1.807) is 10.9 Å². The van der Waals surface area contributed by atoms with Crippen LogP contribution in [0.4, 0.5) is 14.5 Å². The van der Waals surface area contributed by atoms with E-state index >= 15 is 0 Å². The van der Waals surface area contributed by atoms with E-state index < -0.39 is 36.6 Å². The van der Waals surface area contributed by atoms with Gasteiger partial charge < -0.3 is 25.2 Å². The van der Waals surface area contributed by atoms with Crippen LogP contribution in [0.3, 0.4) is 0 Å². The first-order valence-corrected chi connectivity index (χ1v) is 11.6. The molecule has 1 fully saturated rings. The number of aromatic nitrogens is 2. The lowest BCUT2D eigenvalue weighted by Gasteiger charge is -2.42. The average Bonchev–Trinajstić information content (AvgIpc) is 3.30. The summed E-state index contributed by atoms with van der Waals surface area (Å²) >= 11 is 5.92. The average molecular weight is 515 g/mol. The lowest BCUT2D eigenvalue weighted by molar-refractivity contribution is -0.144. The molecule has 1 saturated heterocycles. The molecule has 1 aliphatic heterocycles. The van der Waals surface area contributed by atoms with E-state index in [-0.39, 0.29) is 41.8 Å². The number of nitrogens with one attached hydrogen (secondary N) is 1. The van der Waals surface area contributed by atoms with Gasteiger partial charge in [0.05, 0.1) is 18.2 Å². The molecule has 1 amide bonds. The molecule has 1 aromatic carbocycles. The van der Waals surface area contributed by atoms with Crippen molar-refractivity contribution in [2.24, 2.45) is 5.92 Å². The number of hydrogen-bond acceptors (Lipinski definition) is 6. The van der Waals surface area contributed by atoms with Gasteiger partial charge in [0.1, 0.15) is 5.54 Å². The van der Waals surface area contributed by atoms with Gasteiger partial charge in [-0.2, -0.15) is 13.9 Å². The van der Waals surface area contributed by atoms with Crippen LogP contribution in [0.1, 0.15) is 38.3 Å². The topological polar surface area (TPSA) is 117 Å². The van der Waals surface area contributed by atoms with Gasteiger partial charge in [-0.3, -0.25) is 14.3 Å². The molecule has 35 heavy (non-hydrogen) atoms. The minimum Gasteiger partial charge on any atom is -0.481 e. The van der Waals surface area contributed by atoms with Gasteiger partial charge in [-0.05, 0) is 37.0 Å². The summed E-state index contributed by atoms with van der Waals surface area (Å²) in [6.45, 7) is 1.24. The minimum atomic E-state index is -3.10. The maximum absolute atomic E-state index is 13.8. The van der Waals surface area contributed by atoms with Gasteiger partial charge >= 0.3 is 12.6 Å². The number of halogens is 3. The van der Waals surface area contributed by atoms with Crippen LogP contribution in [-0.4, -0.2) is 69.6 Å². The summed E-state index contributed by atoms with van der Waals surface area (Å²) in [6.07, 6.45) is 2.18. The Bertz CT molecular complexity index is 1040. The number of aliphatic hydroxyl groups excluding tert-OH is 1. The van der Waals surface area contributed by atoms with Crippen molar-refractivity contribution in [3.8, 4) is 5.75 Å². The van der Waals surface area contributed by atoms with Crippen LogP contribution in [-0.2, 0) is 15.1 Å². The van der Waals surface area contributed by atoms with Crippen LogP contribution in [0.25, 0.3) is 0 Å². The summed E-state index contributed by atoms with van der Waals surface area (Å²) in [6, 6.07) is 5.88. The normalized spacial score (nSPS) is 16.9. The summed E-state index contributed by atoms with van der Waals surface area (Å²) in [5, 5.41) is 26.0. The number of likely N-dealkylation sites (tertiary alicyclic amines) is 1. The SMILES string of the molecule is CC(C)c1ccnn1C1(C(=O)Nc2ccc(Cl)cc2OC(F)F)CCN(CC(CO)C(=O)O)CC1. The number of carboxylic acids is 1. The van der Waals surface area contributed by atoms with Gasteiger partial charge in [-0.1, -0.05) is 25.4 Å². The molecule has 0 aliphatic carbocycles. The molecule has 12 heteroatoms. The molecule has 2 heterocycles. The molecule has 1 atom stereocenters. The number of alkyl halides is 2. The number of carbonyl (C=O) groups excluding carboxylic acids is 1. The van der Waals surface area contributed by atoms with Crippen LogP contribution >= 0.6 is 11.6 Å². The number of amides is 1. The van der Waals surface area contributed by atoms with Crippen molar-refractivity contribution in [2.75, 3.05) is 31.6 Å². The zero-order valence-electron chi connectivity index (χ0n) is 19.5. The van der Waals surface area contributed by atoms with Crippen LogP contribution < -0.4 is 10.1 Å². The zero-order chi connectivity index (χ0) is 25.8. The molecule has 0 radical (unpaired) electrons. The monoisotopic (exact) mass is 514 g/mol. The largest absolute Gasteiger partial charge is 0.481 e. The molecular weight excluding hydrogens is 486 g/mol. The molecule has 0 spiro atoms. The molecule has 1 aliphatic rings.